The van der Waals surface area contributed by atoms with Crippen molar-refractivity contribution in [3.8, 4) is 0 Å². The Morgan fingerprint density at radius 2 is 1.95 bits per heavy atom. The zero-order chi connectivity index (χ0) is 14.4. The number of anilines is 2. The summed E-state index contributed by atoms with van der Waals surface area (Å²) in [4.78, 5) is 14.4. The number of nitrogens with one attached hydrogen (secondary N) is 1. The van der Waals surface area contributed by atoms with E-state index in [2.05, 4.69) is 10.2 Å². The lowest BCUT2D eigenvalue weighted by Gasteiger charge is -2.19. The molecule has 1 saturated heterocycles. The standard InChI is InChI=1S/C16H25N3O/c1-13-12-14(17)6-7-15(13)18-16(20)8-11-19-9-4-2-3-5-10-19/h6-7,12H,2-5,8-11,17H2,1H3,(H,18,20). The van der Waals surface area contributed by atoms with Crippen LogP contribution in [0.5, 0.6) is 0 Å². The van der Waals surface area contributed by atoms with Crippen LogP contribution in [-0.4, -0.2) is 30.4 Å². The van der Waals surface area contributed by atoms with Gasteiger partial charge < -0.3 is 16.0 Å². The van der Waals surface area contributed by atoms with Crippen LogP contribution < -0.4 is 11.1 Å². The van der Waals surface area contributed by atoms with Gasteiger partial charge in [-0.2, -0.15) is 0 Å². The highest BCUT2D eigenvalue weighted by Gasteiger charge is 2.11. The van der Waals surface area contributed by atoms with Crippen molar-refractivity contribution in [1.29, 1.82) is 0 Å². The molecule has 1 fully saturated rings. The highest BCUT2D eigenvalue weighted by atomic mass is 16.1. The van der Waals surface area contributed by atoms with Gasteiger partial charge in [0.2, 0.25) is 5.91 Å². The van der Waals surface area contributed by atoms with E-state index in [1.165, 1.54) is 25.7 Å². The number of nitrogen functional groups attached to an aromatic ring is 1. The molecule has 0 unspecified atom stereocenters. The van der Waals surface area contributed by atoms with Crippen molar-refractivity contribution in [3.63, 3.8) is 0 Å². The van der Waals surface area contributed by atoms with Crippen LogP contribution in [-0.2, 0) is 4.79 Å². The van der Waals surface area contributed by atoms with Crippen LogP contribution in [0.1, 0.15) is 37.7 Å². The molecule has 0 aromatic heterocycles. The van der Waals surface area contributed by atoms with Crippen molar-refractivity contribution in [3.05, 3.63) is 23.8 Å². The maximum absolute atomic E-state index is 12.0. The minimum atomic E-state index is 0.0853. The number of carbonyl (C=O) groups excluding carboxylic acids is 1. The third-order valence-corrected chi connectivity index (χ3v) is 3.88. The van der Waals surface area contributed by atoms with Crippen LogP contribution in [0, 0.1) is 6.92 Å². The largest absolute Gasteiger partial charge is 0.399 e. The summed E-state index contributed by atoms with van der Waals surface area (Å²) in [5.74, 6) is 0.0853. The van der Waals surface area contributed by atoms with Crippen LogP contribution in [0.4, 0.5) is 11.4 Å². The second kappa shape index (κ2) is 7.29. The van der Waals surface area contributed by atoms with E-state index < -0.39 is 0 Å². The first kappa shape index (κ1) is 14.9. The van der Waals surface area contributed by atoms with Crippen LogP contribution in [0.2, 0.25) is 0 Å². The Balaban J connectivity index is 1.79. The summed E-state index contributed by atoms with van der Waals surface area (Å²) in [6.45, 7) is 5.09. The van der Waals surface area contributed by atoms with E-state index in [4.69, 9.17) is 5.73 Å². The summed E-state index contributed by atoms with van der Waals surface area (Å²) in [6.07, 6.45) is 5.74. The van der Waals surface area contributed by atoms with Gasteiger partial charge in [0.25, 0.3) is 0 Å². The summed E-state index contributed by atoms with van der Waals surface area (Å²) in [7, 11) is 0. The van der Waals surface area contributed by atoms with E-state index in [0.717, 1.165) is 36.6 Å². The van der Waals surface area contributed by atoms with Gasteiger partial charge in [-0.1, -0.05) is 12.8 Å². The third-order valence-electron chi connectivity index (χ3n) is 3.88. The number of rotatable bonds is 4. The van der Waals surface area contributed by atoms with Gasteiger partial charge in [-0.15, -0.1) is 0 Å². The van der Waals surface area contributed by atoms with E-state index in [0.29, 0.717) is 6.42 Å². The molecule has 4 heteroatoms. The Labute approximate surface area is 121 Å². The Kier molecular flexibility index (Phi) is 5.41. The molecule has 1 aliphatic heterocycles. The summed E-state index contributed by atoms with van der Waals surface area (Å²) < 4.78 is 0. The van der Waals surface area contributed by atoms with Gasteiger partial charge in [0, 0.05) is 24.3 Å². The number of carbonyl (C=O) groups is 1. The number of hydrogen-bond acceptors (Lipinski definition) is 3. The molecule has 0 saturated carbocycles. The molecule has 4 nitrogen and oxygen atoms in total. The second-order valence-electron chi connectivity index (χ2n) is 5.63. The fourth-order valence-corrected chi connectivity index (χ4v) is 2.66. The van der Waals surface area contributed by atoms with Crippen LogP contribution in [0.15, 0.2) is 18.2 Å². The predicted molar refractivity (Wildman–Crippen MR) is 83.7 cm³/mol. The molecule has 1 aromatic carbocycles. The Morgan fingerprint density at radius 1 is 1.25 bits per heavy atom. The average Bonchev–Trinajstić information content (AvgIpc) is 2.68. The lowest BCUT2D eigenvalue weighted by Crippen LogP contribution is -2.28. The van der Waals surface area contributed by atoms with E-state index in [9.17, 15) is 4.79 Å². The van der Waals surface area contributed by atoms with Gasteiger partial charge in [-0.05, 0) is 56.6 Å². The van der Waals surface area contributed by atoms with Gasteiger partial charge in [0.1, 0.15) is 0 Å². The predicted octanol–water partition coefficient (Wildman–Crippen LogP) is 2.78. The summed E-state index contributed by atoms with van der Waals surface area (Å²) in [5, 5.41) is 2.97. The minimum absolute atomic E-state index is 0.0853. The van der Waals surface area contributed by atoms with Gasteiger partial charge >= 0.3 is 0 Å². The molecule has 2 rings (SSSR count). The molecular formula is C16H25N3O. The molecule has 1 aromatic rings. The number of nitrogens with two attached hydrogens (primary N) is 1. The van der Waals surface area contributed by atoms with Gasteiger partial charge in [0.05, 0.1) is 0 Å². The van der Waals surface area contributed by atoms with E-state index in [1.54, 1.807) is 0 Å². The van der Waals surface area contributed by atoms with E-state index in [-0.39, 0.29) is 5.91 Å². The van der Waals surface area contributed by atoms with Crippen molar-refractivity contribution in [2.45, 2.75) is 39.0 Å². The number of hydrogen-bond donors (Lipinski definition) is 2. The molecule has 0 aliphatic carbocycles. The van der Waals surface area contributed by atoms with Crippen LogP contribution >= 0.6 is 0 Å². The molecule has 110 valence electrons. The second-order valence-corrected chi connectivity index (χ2v) is 5.63. The van der Waals surface area contributed by atoms with Crippen molar-refractivity contribution in [1.82, 2.24) is 4.90 Å². The van der Waals surface area contributed by atoms with E-state index >= 15 is 0 Å². The molecule has 20 heavy (non-hydrogen) atoms. The smallest absolute Gasteiger partial charge is 0.225 e. The molecular weight excluding hydrogens is 250 g/mol. The maximum atomic E-state index is 12.0. The number of benzene rings is 1. The fourth-order valence-electron chi connectivity index (χ4n) is 2.66. The maximum Gasteiger partial charge on any atom is 0.225 e. The fraction of sp³-hybridized carbons (Fsp3) is 0.562. The van der Waals surface area contributed by atoms with Crippen LogP contribution in [0.25, 0.3) is 0 Å². The zero-order valence-electron chi connectivity index (χ0n) is 12.3. The number of aryl methyl sites for hydroxylation is 1. The molecule has 0 atom stereocenters. The summed E-state index contributed by atoms with van der Waals surface area (Å²) in [6, 6.07) is 5.57. The zero-order valence-corrected chi connectivity index (χ0v) is 12.3. The lowest BCUT2D eigenvalue weighted by molar-refractivity contribution is -0.116. The van der Waals surface area contributed by atoms with Crippen molar-refractivity contribution < 1.29 is 4.79 Å². The topological polar surface area (TPSA) is 58.4 Å². The molecule has 0 radical (unpaired) electrons. The number of likely N-dealkylation sites (tertiary alicyclic amines) is 1. The van der Waals surface area contributed by atoms with E-state index in [1.807, 2.05) is 25.1 Å². The average molecular weight is 275 g/mol. The highest BCUT2D eigenvalue weighted by molar-refractivity contribution is 5.91. The first-order chi connectivity index (χ1) is 9.65. The normalized spacial score (nSPS) is 16.6. The summed E-state index contributed by atoms with van der Waals surface area (Å²) >= 11 is 0. The summed E-state index contributed by atoms with van der Waals surface area (Å²) in [5.41, 5.74) is 8.31. The third kappa shape index (κ3) is 4.53. The van der Waals surface area contributed by atoms with Crippen molar-refractivity contribution in [2.24, 2.45) is 0 Å². The van der Waals surface area contributed by atoms with Gasteiger partial charge in [0.15, 0.2) is 0 Å². The molecule has 1 heterocycles. The van der Waals surface area contributed by atoms with Crippen LogP contribution in [0.3, 0.4) is 0 Å². The highest BCUT2D eigenvalue weighted by Crippen LogP contribution is 2.18. The van der Waals surface area contributed by atoms with Crippen molar-refractivity contribution >= 4 is 17.3 Å². The Morgan fingerprint density at radius 3 is 2.60 bits per heavy atom. The van der Waals surface area contributed by atoms with Gasteiger partial charge in [-0.25, -0.2) is 0 Å². The molecule has 0 spiro atoms. The first-order valence-electron chi connectivity index (χ1n) is 7.53. The molecule has 0 bridgehead atoms. The molecule has 1 aliphatic rings. The van der Waals surface area contributed by atoms with Crippen molar-refractivity contribution in [2.75, 3.05) is 30.7 Å². The Hall–Kier alpha value is -1.55. The van der Waals surface area contributed by atoms with Gasteiger partial charge in [-0.3, -0.25) is 4.79 Å². The quantitative estimate of drug-likeness (QED) is 0.831. The lowest BCUT2D eigenvalue weighted by atomic mass is 10.1. The molecule has 1 amide bonds. The Bertz CT molecular complexity index is 451. The number of amides is 1. The first-order valence-corrected chi connectivity index (χ1v) is 7.53. The minimum Gasteiger partial charge on any atom is -0.399 e. The number of nitrogens with zero attached hydrogens (tertiary/aromatic N) is 1. The SMILES string of the molecule is Cc1cc(N)ccc1NC(=O)CCN1CCCCCC1. The molecule has 3 N–H and O–H groups in total. The monoisotopic (exact) mass is 275 g/mol.